The van der Waals surface area contributed by atoms with Gasteiger partial charge in [0.05, 0.1) is 5.57 Å². The summed E-state index contributed by atoms with van der Waals surface area (Å²) < 4.78 is 0. The van der Waals surface area contributed by atoms with Gasteiger partial charge in [-0.2, -0.15) is 0 Å². The molecule has 1 aromatic carbocycles. The van der Waals surface area contributed by atoms with Crippen molar-refractivity contribution in [1.29, 1.82) is 0 Å². The quantitative estimate of drug-likeness (QED) is 0.522. The van der Waals surface area contributed by atoms with Crippen molar-refractivity contribution >= 4 is 17.4 Å². The molecular formula is C22H31N3O2. The molecule has 0 spiro atoms. The van der Waals surface area contributed by atoms with Crippen molar-refractivity contribution in [1.82, 2.24) is 14.7 Å². The summed E-state index contributed by atoms with van der Waals surface area (Å²) in [5, 5.41) is 0. The van der Waals surface area contributed by atoms with Gasteiger partial charge >= 0.3 is 0 Å². The Labute approximate surface area is 162 Å². The van der Waals surface area contributed by atoms with E-state index < -0.39 is 0 Å². The van der Waals surface area contributed by atoms with E-state index in [1.54, 1.807) is 0 Å². The summed E-state index contributed by atoms with van der Waals surface area (Å²) in [5.41, 5.74) is 2.04. The number of carbonyl (C=O) groups excluding carboxylic acids is 2. The molecule has 1 saturated heterocycles. The number of likely N-dealkylation sites (N-methyl/N-ethyl adjacent to an activating group) is 1. The summed E-state index contributed by atoms with van der Waals surface area (Å²) in [5.74, 6) is -0.240. The molecule has 1 fully saturated rings. The van der Waals surface area contributed by atoms with Crippen LogP contribution in [0.4, 0.5) is 0 Å². The summed E-state index contributed by atoms with van der Waals surface area (Å²) in [6.07, 6.45) is 4.21. The van der Waals surface area contributed by atoms with Gasteiger partial charge in [-0.3, -0.25) is 14.5 Å². The topological polar surface area (TPSA) is 43.9 Å². The van der Waals surface area contributed by atoms with Crippen LogP contribution in [-0.2, 0) is 9.59 Å². The first kappa shape index (κ1) is 19.6. The van der Waals surface area contributed by atoms with Gasteiger partial charge in [-0.05, 0) is 18.5 Å². The number of amides is 2. The van der Waals surface area contributed by atoms with E-state index in [0.717, 1.165) is 64.0 Å². The average Bonchev–Trinajstić information content (AvgIpc) is 2.96. The minimum absolute atomic E-state index is 0.111. The molecule has 2 amide bonds. The highest BCUT2D eigenvalue weighted by molar-refractivity contribution is 6.35. The van der Waals surface area contributed by atoms with Gasteiger partial charge in [0, 0.05) is 32.7 Å². The van der Waals surface area contributed by atoms with E-state index in [1.165, 1.54) is 4.90 Å². The maximum absolute atomic E-state index is 13.2. The zero-order valence-electron chi connectivity index (χ0n) is 16.6. The largest absolute Gasteiger partial charge is 0.364 e. The molecule has 2 aliphatic rings. The van der Waals surface area contributed by atoms with Gasteiger partial charge in [0.25, 0.3) is 11.8 Å². The van der Waals surface area contributed by atoms with E-state index in [9.17, 15) is 9.59 Å². The molecule has 0 N–H and O–H groups in total. The highest BCUT2D eigenvalue weighted by atomic mass is 16.2. The smallest absolute Gasteiger partial charge is 0.277 e. The van der Waals surface area contributed by atoms with Gasteiger partial charge in [0.2, 0.25) is 0 Å². The van der Waals surface area contributed by atoms with E-state index in [1.807, 2.05) is 30.3 Å². The van der Waals surface area contributed by atoms with Crippen LogP contribution in [0.2, 0.25) is 0 Å². The number of hydrogen-bond donors (Lipinski definition) is 0. The van der Waals surface area contributed by atoms with Crippen LogP contribution >= 0.6 is 0 Å². The average molecular weight is 370 g/mol. The standard InChI is InChI=1S/C22H31N3O2/c1-3-5-6-10-13-25-21(26)19(18-11-8-7-9-12-18)20(22(25)27)24-16-14-23(4-2)15-17-24/h7-9,11-12H,3-6,10,13-17H2,1-2H3. The first-order valence-corrected chi connectivity index (χ1v) is 10.3. The number of hydrogen-bond acceptors (Lipinski definition) is 4. The van der Waals surface area contributed by atoms with Gasteiger partial charge in [-0.25, -0.2) is 0 Å². The van der Waals surface area contributed by atoms with Crippen molar-refractivity contribution < 1.29 is 9.59 Å². The summed E-state index contributed by atoms with van der Waals surface area (Å²) >= 11 is 0. The lowest BCUT2D eigenvalue weighted by atomic mass is 10.0. The SMILES string of the molecule is CCCCCCN1C(=O)C(c2ccccc2)=C(N2CCN(CC)CC2)C1=O. The first-order chi connectivity index (χ1) is 13.2. The lowest BCUT2D eigenvalue weighted by Crippen LogP contribution is -2.47. The van der Waals surface area contributed by atoms with E-state index in [4.69, 9.17) is 0 Å². The summed E-state index contributed by atoms with van der Waals surface area (Å²) in [4.78, 5) is 32.3. The third-order valence-corrected chi connectivity index (χ3v) is 5.58. The molecule has 0 unspecified atom stereocenters. The number of imide groups is 1. The third-order valence-electron chi connectivity index (χ3n) is 5.58. The van der Waals surface area contributed by atoms with Crippen molar-refractivity contribution in [2.45, 2.75) is 39.5 Å². The van der Waals surface area contributed by atoms with Crippen LogP contribution < -0.4 is 0 Å². The Morgan fingerprint density at radius 3 is 2.19 bits per heavy atom. The second-order valence-corrected chi connectivity index (χ2v) is 7.33. The molecule has 2 heterocycles. The second kappa shape index (κ2) is 9.18. The molecule has 0 atom stereocenters. The van der Waals surface area contributed by atoms with Crippen molar-refractivity contribution in [3.63, 3.8) is 0 Å². The van der Waals surface area contributed by atoms with Gasteiger partial charge in [-0.1, -0.05) is 63.4 Å². The normalized spacial score (nSPS) is 18.7. The molecule has 5 heteroatoms. The number of rotatable bonds is 8. The Hall–Kier alpha value is -2.14. The zero-order valence-corrected chi connectivity index (χ0v) is 16.6. The number of nitrogens with zero attached hydrogens (tertiary/aromatic N) is 3. The molecule has 27 heavy (non-hydrogen) atoms. The minimum atomic E-state index is -0.129. The third kappa shape index (κ3) is 4.24. The fourth-order valence-corrected chi connectivity index (χ4v) is 3.91. The molecule has 0 saturated carbocycles. The summed E-state index contributed by atoms with van der Waals surface area (Å²) in [6, 6.07) is 9.66. The highest BCUT2D eigenvalue weighted by Crippen LogP contribution is 2.32. The Morgan fingerprint density at radius 2 is 1.56 bits per heavy atom. The van der Waals surface area contributed by atoms with Crippen molar-refractivity contribution in [2.24, 2.45) is 0 Å². The van der Waals surface area contributed by atoms with Crippen molar-refractivity contribution in [3.8, 4) is 0 Å². The van der Waals surface area contributed by atoms with Crippen LogP contribution in [0.25, 0.3) is 5.57 Å². The van der Waals surface area contributed by atoms with Crippen molar-refractivity contribution in [3.05, 3.63) is 41.6 Å². The summed E-state index contributed by atoms with van der Waals surface area (Å²) in [6.45, 7) is 9.31. The van der Waals surface area contributed by atoms with Crippen LogP contribution in [0.5, 0.6) is 0 Å². The van der Waals surface area contributed by atoms with Gasteiger partial charge < -0.3 is 9.80 Å². The maximum atomic E-state index is 13.2. The van der Waals surface area contributed by atoms with Gasteiger partial charge in [-0.15, -0.1) is 0 Å². The molecular weight excluding hydrogens is 338 g/mol. The molecule has 0 bridgehead atoms. The lowest BCUT2D eigenvalue weighted by Gasteiger charge is -2.36. The van der Waals surface area contributed by atoms with E-state index in [2.05, 4.69) is 23.6 Å². The predicted molar refractivity (Wildman–Crippen MR) is 108 cm³/mol. The van der Waals surface area contributed by atoms with Crippen LogP contribution in [0.15, 0.2) is 36.0 Å². The van der Waals surface area contributed by atoms with Crippen LogP contribution in [0, 0.1) is 0 Å². The predicted octanol–water partition coefficient (Wildman–Crippen LogP) is 2.98. The molecule has 5 nitrogen and oxygen atoms in total. The first-order valence-electron chi connectivity index (χ1n) is 10.3. The monoisotopic (exact) mass is 369 g/mol. The Morgan fingerprint density at radius 1 is 0.852 bits per heavy atom. The molecule has 1 aromatic rings. The second-order valence-electron chi connectivity index (χ2n) is 7.33. The number of piperazine rings is 1. The van der Waals surface area contributed by atoms with Gasteiger partial charge in [0.1, 0.15) is 5.70 Å². The molecule has 0 aliphatic carbocycles. The Kier molecular flexibility index (Phi) is 6.67. The Bertz CT molecular complexity index is 691. The van der Waals surface area contributed by atoms with Crippen LogP contribution in [0.1, 0.15) is 45.1 Å². The fraction of sp³-hybridized carbons (Fsp3) is 0.545. The molecule has 3 rings (SSSR count). The van der Waals surface area contributed by atoms with Gasteiger partial charge in [0.15, 0.2) is 0 Å². The van der Waals surface area contributed by atoms with E-state index in [-0.39, 0.29) is 11.8 Å². The minimum Gasteiger partial charge on any atom is -0.364 e. The molecule has 2 aliphatic heterocycles. The number of benzene rings is 1. The van der Waals surface area contributed by atoms with Crippen LogP contribution in [0.3, 0.4) is 0 Å². The summed E-state index contributed by atoms with van der Waals surface area (Å²) in [7, 11) is 0. The lowest BCUT2D eigenvalue weighted by molar-refractivity contribution is -0.137. The maximum Gasteiger partial charge on any atom is 0.277 e. The van der Waals surface area contributed by atoms with Crippen molar-refractivity contribution in [2.75, 3.05) is 39.3 Å². The number of carbonyl (C=O) groups is 2. The highest BCUT2D eigenvalue weighted by Gasteiger charge is 2.41. The van der Waals surface area contributed by atoms with E-state index in [0.29, 0.717) is 17.8 Å². The molecule has 146 valence electrons. The zero-order chi connectivity index (χ0) is 19.2. The fourth-order valence-electron chi connectivity index (χ4n) is 3.91. The molecule has 0 radical (unpaired) electrons. The Balaban J connectivity index is 1.85. The van der Waals surface area contributed by atoms with Crippen LogP contribution in [-0.4, -0.2) is 65.8 Å². The van der Waals surface area contributed by atoms with E-state index >= 15 is 0 Å². The number of unbranched alkanes of at least 4 members (excludes halogenated alkanes) is 3. The molecule has 0 aromatic heterocycles.